The van der Waals surface area contributed by atoms with Crippen molar-refractivity contribution in [1.29, 1.82) is 0 Å². The molecule has 0 aliphatic rings. The van der Waals surface area contributed by atoms with Gasteiger partial charge in [-0.3, -0.25) is 4.57 Å². The summed E-state index contributed by atoms with van der Waals surface area (Å²) in [5.41, 5.74) is 0. The average molecular weight is 200 g/mol. The number of aliphatic carboxylic acids is 1. The summed E-state index contributed by atoms with van der Waals surface area (Å²) in [6.07, 6.45) is 0.675. The largest absolute Gasteiger partial charge is 0.479 e. The van der Waals surface area contributed by atoms with E-state index < -0.39 is 30.4 Å². The first-order valence-electron chi connectivity index (χ1n) is 2.30. The lowest BCUT2D eigenvalue weighted by Crippen LogP contribution is -2.20. The Labute approximate surface area is 64.5 Å². The standard InChI is InChI=1S/C3H5O6PS/c1-11(7,8)9-3(10-6)2(4)5/h3H,1H3,(H,4,5). The van der Waals surface area contributed by atoms with Gasteiger partial charge in [0.25, 0.3) is 16.0 Å². The Balaban J connectivity index is 4.34. The van der Waals surface area contributed by atoms with Gasteiger partial charge in [0.2, 0.25) is 8.46 Å². The molecular weight excluding hydrogens is 195 g/mol. The smallest absolute Gasteiger partial charge is 0.346 e. The van der Waals surface area contributed by atoms with Crippen molar-refractivity contribution < 1.29 is 27.1 Å². The molecule has 0 aromatic carbocycles. The molecule has 8 heteroatoms. The van der Waals surface area contributed by atoms with Crippen LogP contribution in [0.3, 0.4) is 0 Å². The van der Waals surface area contributed by atoms with Crippen molar-refractivity contribution in [2.75, 3.05) is 6.26 Å². The second-order valence-electron chi connectivity index (χ2n) is 1.60. The predicted molar refractivity (Wildman–Crippen MR) is 35.0 cm³/mol. The molecule has 11 heavy (non-hydrogen) atoms. The maximum absolute atomic E-state index is 10.3. The normalized spacial score (nSPS) is 14.6. The fourth-order valence-corrected chi connectivity index (χ4v) is 1.38. The SMILES string of the molecule is CS(=O)(=O)OC(P=O)C(=O)O. The topological polar surface area (TPSA) is 97.7 Å². The molecule has 0 heterocycles. The lowest BCUT2D eigenvalue weighted by atomic mass is 10.7. The summed E-state index contributed by atoms with van der Waals surface area (Å²) < 4.78 is 34.4. The van der Waals surface area contributed by atoms with Gasteiger partial charge in [0.15, 0.2) is 0 Å². The van der Waals surface area contributed by atoms with Crippen molar-refractivity contribution in [3.8, 4) is 0 Å². The molecule has 0 aliphatic carbocycles. The third-order valence-corrected chi connectivity index (χ3v) is 1.78. The molecule has 0 saturated heterocycles. The molecule has 0 rings (SSSR count). The van der Waals surface area contributed by atoms with E-state index in [4.69, 9.17) is 5.11 Å². The predicted octanol–water partition coefficient (Wildman–Crippen LogP) is -0.335. The van der Waals surface area contributed by atoms with Crippen LogP contribution < -0.4 is 0 Å². The monoisotopic (exact) mass is 200 g/mol. The van der Waals surface area contributed by atoms with Crippen molar-refractivity contribution in [3.05, 3.63) is 0 Å². The Bertz CT molecular complexity index is 255. The van der Waals surface area contributed by atoms with Gasteiger partial charge in [-0.15, -0.1) is 0 Å². The number of rotatable bonds is 4. The fraction of sp³-hybridized carbons (Fsp3) is 0.667. The van der Waals surface area contributed by atoms with Crippen LogP contribution in [-0.4, -0.2) is 31.6 Å². The van der Waals surface area contributed by atoms with Crippen LogP contribution in [-0.2, 0) is 23.7 Å². The van der Waals surface area contributed by atoms with E-state index in [0.29, 0.717) is 6.26 Å². The quantitative estimate of drug-likeness (QED) is 0.492. The van der Waals surface area contributed by atoms with Crippen LogP contribution in [0.15, 0.2) is 0 Å². The molecule has 0 aromatic rings. The van der Waals surface area contributed by atoms with Gasteiger partial charge in [-0.05, 0) is 0 Å². The van der Waals surface area contributed by atoms with Gasteiger partial charge in [0.1, 0.15) is 0 Å². The first kappa shape index (κ1) is 10.5. The Morgan fingerprint density at radius 3 is 2.18 bits per heavy atom. The van der Waals surface area contributed by atoms with Crippen LogP contribution in [0.25, 0.3) is 0 Å². The average Bonchev–Trinajstić information content (AvgIpc) is 1.80. The second kappa shape index (κ2) is 3.75. The summed E-state index contributed by atoms with van der Waals surface area (Å²) in [4.78, 5) is 10.0. The third kappa shape index (κ3) is 4.83. The molecule has 0 spiro atoms. The Hall–Kier alpha value is -0.520. The molecule has 1 unspecified atom stereocenters. The van der Waals surface area contributed by atoms with Gasteiger partial charge in [0.05, 0.1) is 6.26 Å². The van der Waals surface area contributed by atoms with Crippen molar-refractivity contribution in [2.45, 2.75) is 5.85 Å². The summed E-state index contributed by atoms with van der Waals surface area (Å²) >= 11 is 0. The van der Waals surface area contributed by atoms with Crippen LogP contribution in [0, 0.1) is 0 Å². The molecule has 1 N–H and O–H groups in total. The molecule has 0 fully saturated rings. The van der Waals surface area contributed by atoms with E-state index in [9.17, 15) is 17.8 Å². The highest BCUT2D eigenvalue weighted by Crippen LogP contribution is 2.10. The molecule has 0 saturated carbocycles. The van der Waals surface area contributed by atoms with Crippen molar-refractivity contribution in [1.82, 2.24) is 0 Å². The highest BCUT2D eigenvalue weighted by atomic mass is 32.2. The Morgan fingerprint density at radius 1 is 1.64 bits per heavy atom. The van der Waals surface area contributed by atoms with E-state index >= 15 is 0 Å². The van der Waals surface area contributed by atoms with Gasteiger partial charge < -0.3 is 5.11 Å². The number of carboxylic acid groups (broad SMARTS) is 1. The molecule has 64 valence electrons. The summed E-state index contributed by atoms with van der Waals surface area (Å²) in [5, 5.41) is 8.14. The minimum Gasteiger partial charge on any atom is -0.479 e. The van der Waals surface area contributed by atoms with Crippen LogP contribution in [0.5, 0.6) is 0 Å². The van der Waals surface area contributed by atoms with Crippen molar-refractivity contribution >= 4 is 24.5 Å². The molecule has 0 radical (unpaired) electrons. The number of carboxylic acids is 1. The summed E-state index contributed by atoms with van der Waals surface area (Å²) in [7, 11) is -4.77. The highest BCUT2D eigenvalue weighted by molar-refractivity contribution is 7.86. The van der Waals surface area contributed by atoms with Gasteiger partial charge in [-0.1, -0.05) is 0 Å². The molecule has 1 atom stereocenters. The lowest BCUT2D eigenvalue weighted by Gasteiger charge is -2.01. The maximum atomic E-state index is 10.3. The lowest BCUT2D eigenvalue weighted by molar-refractivity contribution is -0.141. The van der Waals surface area contributed by atoms with Crippen LogP contribution in [0.2, 0.25) is 0 Å². The highest BCUT2D eigenvalue weighted by Gasteiger charge is 2.23. The minimum absolute atomic E-state index is 0.675. The first-order chi connectivity index (χ1) is 4.87. The van der Waals surface area contributed by atoms with Crippen LogP contribution in [0.1, 0.15) is 0 Å². The van der Waals surface area contributed by atoms with Gasteiger partial charge in [-0.2, -0.15) is 8.42 Å². The van der Waals surface area contributed by atoms with Gasteiger partial charge in [-0.25, -0.2) is 8.98 Å². The summed E-state index contributed by atoms with van der Waals surface area (Å²) in [5.74, 6) is -3.43. The van der Waals surface area contributed by atoms with E-state index in [0.717, 1.165) is 0 Å². The first-order valence-corrected chi connectivity index (χ1v) is 5.00. The van der Waals surface area contributed by atoms with E-state index in [1.807, 2.05) is 0 Å². The molecule has 0 aliphatic heterocycles. The number of carbonyl (C=O) groups is 1. The zero-order valence-electron chi connectivity index (χ0n) is 5.42. The fourth-order valence-electron chi connectivity index (χ4n) is 0.269. The van der Waals surface area contributed by atoms with Crippen molar-refractivity contribution in [2.24, 2.45) is 0 Å². The second-order valence-corrected chi connectivity index (χ2v) is 3.88. The summed E-state index contributed by atoms with van der Waals surface area (Å²) in [6, 6.07) is 0. The number of hydrogen-bond acceptors (Lipinski definition) is 5. The van der Waals surface area contributed by atoms with E-state index in [1.54, 1.807) is 0 Å². The molecule has 0 amide bonds. The zero-order valence-corrected chi connectivity index (χ0v) is 7.13. The Morgan fingerprint density at radius 2 is 2.09 bits per heavy atom. The van der Waals surface area contributed by atoms with Gasteiger partial charge in [0, 0.05) is 0 Å². The van der Waals surface area contributed by atoms with E-state index in [2.05, 4.69) is 4.18 Å². The minimum atomic E-state index is -3.87. The van der Waals surface area contributed by atoms with E-state index in [1.165, 1.54) is 0 Å². The maximum Gasteiger partial charge on any atom is 0.346 e. The molecular formula is C3H5O6PS. The molecule has 6 nitrogen and oxygen atoms in total. The van der Waals surface area contributed by atoms with Crippen LogP contribution >= 0.6 is 8.46 Å². The zero-order chi connectivity index (χ0) is 9.07. The van der Waals surface area contributed by atoms with Crippen molar-refractivity contribution in [3.63, 3.8) is 0 Å². The summed E-state index contributed by atoms with van der Waals surface area (Å²) in [6.45, 7) is 0. The van der Waals surface area contributed by atoms with Gasteiger partial charge >= 0.3 is 5.97 Å². The third-order valence-electron chi connectivity index (χ3n) is 0.573. The molecule has 0 bridgehead atoms. The number of hydrogen-bond donors (Lipinski definition) is 1. The Kier molecular flexibility index (Phi) is 3.57. The van der Waals surface area contributed by atoms with E-state index in [-0.39, 0.29) is 0 Å². The van der Waals surface area contributed by atoms with Crippen LogP contribution in [0.4, 0.5) is 0 Å². The molecule has 0 aromatic heterocycles.